The van der Waals surface area contributed by atoms with Gasteiger partial charge in [-0.3, -0.25) is 4.79 Å². The van der Waals surface area contributed by atoms with Gasteiger partial charge >= 0.3 is 11.9 Å². The van der Waals surface area contributed by atoms with Gasteiger partial charge in [0.25, 0.3) is 0 Å². The van der Waals surface area contributed by atoms with Crippen molar-refractivity contribution >= 4 is 11.9 Å². The molecule has 170 valence electrons. The Bertz CT molecular complexity index is 408. The molecule has 0 fully saturated rings. The van der Waals surface area contributed by atoms with E-state index in [-0.39, 0.29) is 19.2 Å². The predicted molar refractivity (Wildman–Crippen MR) is 118 cm³/mol. The highest BCUT2D eigenvalue weighted by atomic mass is 16.6. The molecule has 0 bridgehead atoms. The molecule has 0 aromatic carbocycles. The van der Waals surface area contributed by atoms with E-state index in [0.29, 0.717) is 6.42 Å². The molecule has 5 nitrogen and oxygen atoms in total. The molecule has 0 spiro atoms. The minimum absolute atomic E-state index is 0.117. The van der Waals surface area contributed by atoms with Gasteiger partial charge in [0.1, 0.15) is 6.61 Å². The smallest absolute Gasteiger partial charge is 0.330 e. The first-order valence-corrected chi connectivity index (χ1v) is 11.7. The summed E-state index contributed by atoms with van der Waals surface area (Å²) >= 11 is 0. The molecule has 0 radical (unpaired) electrons. The molecular formula is C24H44O5. The zero-order valence-electron chi connectivity index (χ0n) is 18.7. The van der Waals surface area contributed by atoms with Crippen molar-refractivity contribution in [1.82, 2.24) is 0 Å². The van der Waals surface area contributed by atoms with Crippen LogP contribution in [0.25, 0.3) is 0 Å². The topological polar surface area (TPSA) is 72.8 Å². The number of carbonyl (C=O) groups excluding carboxylic acids is 2. The third-order valence-electron chi connectivity index (χ3n) is 5.07. The number of hydrogen-bond acceptors (Lipinski definition) is 5. The Morgan fingerprint density at radius 2 is 1.28 bits per heavy atom. The van der Waals surface area contributed by atoms with Crippen molar-refractivity contribution in [3.05, 3.63) is 12.7 Å². The van der Waals surface area contributed by atoms with Gasteiger partial charge in [0.2, 0.25) is 0 Å². The van der Waals surface area contributed by atoms with E-state index >= 15 is 0 Å². The molecule has 1 atom stereocenters. The van der Waals surface area contributed by atoms with Crippen molar-refractivity contribution < 1.29 is 24.2 Å². The van der Waals surface area contributed by atoms with E-state index in [4.69, 9.17) is 14.6 Å². The van der Waals surface area contributed by atoms with Crippen LogP contribution in [0.15, 0.2) is 12.7 Å². The zero-order chi connectivity index (χ0) is 21.6. The molecule has 0 aliphatic heterocycles. The average molecular weight is 413 g/mol. The van der Waals surface area contributed by atoms with E-state index in [1.165, 1.54) is 77.0 Å². The first-order chi connectivity index (χ1) is 14.1. The number of aliphatic hydroxyl groups is 1. The lowest BCUT2D eigenvalue weighted by Gasteiger charge is -2.14. The van der Waals surface area contributed by atoms with Crippen LogP contribution in [0.1, 0.15) is 110 Å². The molecule has 0 heterocycles. The summed E-state index contributed by atoms with van der Waals surface area (Å²) in [5, 5.41) is 9.10. The summed E-state index contributed by atoms with van der Waals surface area (Å²) in [5.41, 5.74) is 0. The number of aliphatic hydroxyl groups excluding tert-OH is 1. The highest BCUT2D eigenvalue weighted by molar-refractivity contribution is 5.81. The highest BCUT2D eigenvalue weighted by Gasteiger charge is 2.14. The lowest BCUT2D eigenvalue weighted by molar-refractivity contribution is -0.157. The number of unbranched alkanes of at least 4 members (excludes halogenated alkanes) is 14. The summed E-state index contributed by atoms with van der Waals surface area (Å²) < 4.78 is 9.90. The fraction of sp³-hybridized carbons (Fsp3) is 0.833. The van der Waals surface area contributed by atoms with Crippen LogP contribution in [-0.2, 0) is 19.1 Å². The fourth-order valence-corrected chi connectivity index (χ4v) is 3.24. The molecule has 29 heavy (non-hydrogen) atoms. The van der Waals surface area contributed by atoms with Crippen LogP contribution in [0, 0.1) is 0 Å². The molecule has 0 aliphatic carbocycles. The molecule has 5 heteroatoms. The minimum Gasteiger partial charge on any atom is -0.462 e. The van der Waals surface area contributed by atoms with Crippen LogP contribution >= 0.6 is 0 Å². The van der Waals surface area contributed by atoms with E-state index in [0.717, 1.165) is 25.3 Å². The Balaban J connectivity index is 3.36. The van der Waals surface area contributed by atoms with Crippen LogP contribution < -0.4 is 0 Å². The SMILES string of the molecule is C=CC(=O)OC(CO)COC(=O)CCCCCCCCCCCCCCCCC. The summed E-state index contributed by atoms with van der Waals surface area (Å²) in [6.45, 7) is 5.04. The number of hydrogen-bond donors (Lipinski definition) is 1. The highest BCUT2D eigenvalue weighted by Crippen LogP contribution is 2.13. The van der Waals surface area contributed by atoms with Crippen LogP contribution in [0.4, 0.5) is 0 Å². The van der Waals surface area contributed by atoms with Crippen LogP contribution in [0.5, 0.6) is 0 Å². The van der Waals surface area contributed by atoms with Gasteiger partial charge in [0.15, 0.2) is 6.10 Å². The monoisotopic (exact) mass is 412 g/mol. The minimum atomic E-state index is -0.828. The number of ether oxygens (including phenoxy) is 2. The van der Waals surface area contributed by atoms with Crippen LogP contribution in [0.2, 0.25) is 0 Å². The fourth-order valence-electron chi connectivity index (χ4n) is 3.24. The molecular weight excluding hydrogens is 368 g/mol. The average Bonchev–Trinajstić information content (AvgIpc) is 2.73. The van der Waals surface area contributed by atoms with Gasteiger partial charge in [-0.1, -0.05) is 103 Å². The molecule has 0 aromatic rings. The Morgan fingerprint density at radius 1 is 0.828 bits per heavy atom. The van der Waals surface area contributed by atoms with Crippen LogP contribution in [0.3, 0.4) is 0 Å². The van der Waals surface area contributed by atoms with E-state index in [1.54, 1.807) is 0 Å². The normalized spacial score (nSPS) is 11.8. The lowest BCUT2D eigenvalue weighted by Crippen LogP contribution is -2.27. The van der Waals surface area contributed by atoms with Crippen molar-refractivity contribution in [1.29, 1.82) is 0 Å². The van der Waals surface area contributed by atoms with Gasteiger partial charge in [0.05, 0.1) is 6.61 Å². The summed E-state index contributed by atoms with van der Waals surface area (Å²) in [5.74, 6) is -0.949. The maximum absolute atomic E-state index is 11.7. The van der Waals surface area contributed by atoms with E-state index < -0.39 is 12.1 Å². The maximum Gasteiger partial charge on any atom is 0.330 e. The predicted octanol–water partition coefficient (Wildman–Crippen LogP) is 5.88. The third kappa shape index (κ3) is 19.7. The van der Waals surface area contributed by atoms with Gasteiger partial charge in [-0.15, -0.1) is 0 Å². The number of rotatable bonds is 21. The second-order valence-electron chi connectivity index (χ2n) is 7.83. The second-order valence-corrected chi connectivity index (χ2v) is 7.83. The van der Waals surface area contributed by atoms with Crippen molar-refractivity contribution in [3.8, 4) is 0 Å². The van der Waals surface area contributed by atoms with Crippen molar-refractivity contribution in [3.63, 3.8) is 0 Å². The molecule has 0 amide bonds. The number of carbonyl (C=O) groups is 2. The van der Waals surface area contributed by atoms with Gasteiger partial charge in [-0.2, -0.15) is 0 Å². The van der Waals surface area contributed by atoms with Crippen molar-refractivity contribution in [2.75, 3.05) is 13.2 Å². The molecule has 0 aliphatic rings. The quantitative estimate of drug-likeness (QED) is 0.145. The first kappa shape index (κ1) is 27.6. The molecule has 1 unspecified atom stereocenters. The largest absolute Gasteiger partial charge is 0.462 e. The Kier molecular flexibility index (Phi) is 20.3. The summed E-state index contributed by atoms with van der Waals surface area (Å²) in [6, 6.07) is 0. The molecule has 0 saturated heterocycles. The molecule has 0 aromatic heterocycles. The van der Waals surface area contributed by atoms with Crippen LogP contribution in [-0.4, -0.2) is 36.4 Å². The molecule has 0 saturated carbocycles. The van der Waals surface area contributed by atoms with E-state index in [2.05, 4.69) is 13.5 Å². The second kappa shape index (κ2) is 21.4. The molecule has 1 N–H and O–H groups in total. The molecule has 0 rings (SSSR count). The standard InChI is InChI=1S/C24H44O5/c1-3-5-6-7-8-9-10-11-12-13-14-15-16-17-18-19-24(27)28-21-22(20-25)29-23(26)4-2/h4,22,25H,2-3,5-21H2,1H3. The third-order valence-corrected chi connectivity index (χ3v) is 5.07. The van der Waals surface area contributed by atoms with E-state index in [1.807, 2.05) is 0 Å². The van der Waals surface area contributed by atoms with Crippen molar-refractivity contribution in [2.45, 2.75) is 116 Å². The summed E-state index contributed by atoms with van der Waals surface area (Å²) in [6.07, 6.45) is 19.8. The summed E-state index contributed by atoms with van der Waals surface area (Å²) in [7, 11) is 0. The number of esters is 2. The Labute approximate surface area is 178 Å². The van der Waals surface area contributed by atoms with Gasteiger partial charge < -0.3 is 14.6 Å². The first-order valence-electron chi connectivity index (χ1n) is 11.7. The van der Waals surface area contributed by atoms with Crippen molar-refractivity contribution in [2.24, 2.45) is 0 Å². The summed E-state index contributed by atoms with van der Waals surface area (Å²) in [4.78, 5) is 22.8. The maximum atomic E-state index is 11.7. The lowest BCUT2D eigenvalue weighted by atomic mass is 10.0. The Hall–Kier alpha value is -1.36. The Morgan fingerprint density at radius 3 is 1.69 bits per heavy atom. The van der Waals surface area contributed by atoms with Gasteiger partial charge in [-0.25, -0.2) is 4.79 Å². The zero-order valence-corrected chi connectivity index (χ0v) is 18.7. The van der Waals surface area contributed by atoms with Gasteiger partial charge in [-0.05, 0) is 6.42 Å². The van der Waals surface area contributed by atoms with Gasteiger partial charge in [0, 0.05) is 12.5 Å². The van der Waals surface area contributed by atoms with E-state index in [9.17, 15) is 9.59 Å².